The van der Waals surface area contributed by atoms with Crippen LogP contribution in [0.5, 0.6) is 0 Å². The highest BCUT2D eigenvalue weighted by molar-refractivity contribution is 7.00. The van der Waals surface area contributed by atoms with Gasteiger partial charge in [-0.25, -0.2) is 0 Å². The van der Waals surface area contributed by atoms with E-state index in [-0.39, 0.29) is 36.4 Å². The van der Waals surface area contributed by atoms with Crippen molar-refractivity contribution in [3.8, 4) is 83.6 Å². The number of pyridine rings is 2. The van der Waals surface area contributed by atoms with Gasteiger partial charge in [0.25, 0.3) is 6.71 Å². The summed E-state index contributed by atoms with van der Waals surface area (Å²) < 4.78 is 46.4. The number of para-hydroxylation sites is 1. The van der Waals surface area contributed by atoms with E-state index in [2.05, 4.69) is 263 Å². The average Bonchev–Trinajstić information content (AvgIpc) is 1.40. The molecule has 15 aromatic rings. The summed E-state index contributed by atoms with van der Waals surface area (Å²) in [7, 11) is 0. The number of benzene rings is 12. The molecule has 0 saturated carbocycles. The highest BCUT2D eigenvalue weighted by Gasteiger charge is 2.46. The first kappa shape index (κ1) is 45.8. The normalized spacial score (nSPS) is 13.0. The summed E-state index contributed by atoms with van der Waals surface area (Å²) >= 11 is 0. The second kappa shape index (κ2) is 21.2. The Morgan fingerprint density at radius 3 is 1.11 bits per heavy atom. The third-order valence-corrected chi connectivity index (χ3v) is 17.6. The smallest absolute Gasteiger partial charge is 0.252 e. The first-order valence-electron chi connectivity index (χ1n) is 32.2. The van der Waals surface area contributed by atoms with Gasteiger partial charge in [0, 0.05) is 80.6 Å². The fourth-order valence-corrected chi connectivity index (χ4v) is 13.7. The van der Waals surface area contributed by atoms with Crippen LogP contribution in [0.2, 0.25) is 0 Å². The van der Waals surface area contributed by atoms with Crippen molar-refractivity contribution in [2.45, 2.75) is 0 Å². The summed E-state index contributed by atoms with van der Waals surface area (Å²) in [5.74, 6) is 0. The largest absolute Gasteiger partial charge is 0.310 e. The molecule has 410 valence electrons. The van der Waals surface area contributed by atoms with Crippen LogP contribution in [0, 0.1) is 0 Å². The molecule has 5 nitrogen and oxygen atoms in total. The maximum Gasteiger partial charge on any atom is 0.252 e. The number of aromatic nitrogens is 3. The highest BCUT2D eigenvalue weighted by atomic mass is 15.2. The molecule has 0 radical (unpaired) electrons. The van der Waals surface area contributed by atoms with Gasteiger partial charge in [0.1, 0.15) is 0 Å². The molecule has 0 fully saturated rings. The molecule has 0 amide bonds. The molecule has 0 unspecified atom stereocenters. The predicted molar refractivity (Wildman–Crippen MR) is 368 cm³/mol. The zero-order valence-corrected chi connectivity index (χ0v) is 47.6. The first-order valence-corrected chi connectivity index (χ1v) is 29.7. The third kappa shape index (κ3) is 8.40. The molecular formula is C82H54BN5. The summed E-state index contributed by atoms with van der Waals surface area (Å²) in [6, 6.07) is 95.2. The molecule has 6 heteroatoms. The number of fused-ring (bicyclic) bond motifs is 7. The maximum atomic E-state index is 9.12. The van der Waals surface area contributed by atoms with E-state index in [1.165, 1.54) is 0 Å². The molecule has 5 heterocycles. The van der Waals surface area contributed by atoms with Gasteiger partial charge in [0.05, 0.1) is 34.9 Å². The van der Waals surface area contributed by atoms with Gasteiger partial charge in [-0.1, -0.05) is 261 Å². The minimum absolute atomic E-state index is 0.153. The molecule has 0 atom stereocenters. The molecule has 2 aliphatic rings. The van der Waals surface area contributed by atoms with Crippen LogP contribution < -0.4 is 26.2 Å². The van der Waals surface area contributed by atoms with Gasteiger partial charge < -0.3 is 14.4 Å². The zero-order chi connectivity index (χ0) is 62.4. The molecule has 3 aromatic heterocycles. The van der Waals surface area contributed by atoms with Gasteiger partial charge in [-0.05, 0) is 114 Å². The van der Waals surface area contributed by atoms with Crippen LogP contribution in [-0.4, -0.2) is 21.2 Å². The van der Waals surface area contributed by atoms with Gasteiger partial charge in [-0.15, -0.1) is 0 Å². The summed E-state index contributed by atoms with van der Waals surface area (Å²) in [4.78, 5) is 15.2. The lowest BCUT2D eigenvalue weighted by Crippen LogP contribution is -2.61. The molecule has 0 aliphatic carbocycles. The molecule has 2 aliphatic heterocycles. The van der Waals surface area contributed by atoms with Crippen molar-refractivity contribution < 1.29 is 6.85 Å². The van der Waals surface area contributed by atoms with E-state index in [9.17, 15) is 0 Å². The number of hydrogen-bond donors (Lipinski definition) is 0. The number of hydrogen-bond acceptors (Lipinski definition) is 4. The van der Waals surface area contributed by atoms with Crippen molar-refractivity contribution >= 4 is 79.0 Å². The average molecular weight is 1130 g/mol. The fraction of sp³-hybridized carbons (Fsp3) is 0. The summed E-state index contributed by atoms with van der Waals surface area (Å²) in [5.41, 5.74) is 24.9. The summed E-state index contributed by atoms with van der Waals surface area (Å²) in [6.45, 7) is -0.337. The van der Waals surface area contributed by atoms with Crippen LogP contribution in [0.15, 0.2) is 328 Å². The van der Waals surface area contributed by atoms with E-state index in [1.54, 1.807) is 0 Å². The van der Waals surface area contributed by atoms with Crippen molar-refractivity contribution in [2.75, 3.05) is 9.80 Å². The molecular weight excluding hydrogens is 1070 g/mol. The van der Waals surface area contributed by atoms with E-state index in [4.69, 9.17) is 16.8 Å². The quantitative estimate of drug-likeness (QED) is 0.128. The van der Waals surface area contributed by atoms with Crippen molar-refractivity contribution in [3.05, 3.63) is 328 Å². The van der Waals surface area contributed by atoms with Crippen LogP contribution in [-0.2, 0) is 0 Å². The second-order valence-electron chi connectivity index (χ2n) is 22.5. The van der Waals surface area contributed by atoms with E-state index in [0.29, 0.717) is 5.56 Å². The van der Waals surface area contributed by atoms with Crippen LogP contribution in [0.4, 0.5) is 34.1 Å². The Bertz CT molecular complexity index is 5070. The van der Waals surface area contributed by atoms with Crippen LogP contribution in [0.25, 0.3) is 105 Å². The Morgan fingerprint density at radius 2 is 0.670 bits per heavy atom. The second-order valence-corrected chi connectivity index (χ2v) is 22.5. The van der Waals surface area contributed by atoms with Crippen LogP contribution >= 0.6 is 0 Å². The maximum absolute atomic E-state index is 9.12. The monoisotopic (exact) mass is 1120 g/mol. The number of nitrogens with zero attached hydrogens (tertiary/aromatic N) is 5. The van der Waals surface area contributed by atoms with E-state index in [1.807, 2.05) is 49.1 Å². The van der Waals surface area contributed by atoms with Crippen molar-refractivity contribution in [2.24, 2.45) is 0 Å². The molecule has 0 N–H and O–H groups in total. The molecule has 17 rings (SSSR count). The molecule has 0 saturated heterocycles. The van der Waals surface area contributed by atoms with E-state index >= 15 is 0 Å². The Morgan fingerprint density at radius 1 is 0.295 bits per heavy atom. The lowest BCUT2D eigenvalue weighted by Gasteiger charge is -2.46. The van der Waals surface area contributed by atoms with Crippen molar-refractivity contribution in [1.29, 1.82) is 0 Å². The minimum Gasteiger partial charge on any atom is -0.310 e. The van der Waals surface area contributed by atoms with E-state index in [0.717, 1.165) is 145 Å². The third-order valence-electron chi connectivity index (χ3n) is 17.6. The molecule has 12 aromatic carbocycles. The zero-order valence-electron chi connectivity index (χ0n) is 52.6. The topological polar surface area (TPSA) is 37.2 Å². The van der Waals surface area contributed by atoms with E-state index < -0.39 is 6.04 Å². The Kier molecular flexibility index (Phi) is 11.0. The standard InChI is InChI=1S/C82H54BN5/c1-8-24-55(25-9-1)62-40-43-75-67(46-62)66-38-22-23-39-74(66)86(75)65-49-78-80-79(50-65)88(82-70(60-34-18-6-19-35-60)53-85-54-71(82)61-36-20-7-21-37-61)77-45-42-64(57-28-12-3-13-29-57)48-73(77)83(80)72-47-63(56-26-10-2-11-27-56)41-44-76(72)87(78)81-68(58-30-14-4-15-31-58)51-84-52-69(81)59-32-16-5-17-33-59/h1-54H/i1D,8D,9D,24D,25D. The molecule has 0 bridgehead atoms. The Hall–Kier alpha value is -11.6. The molecule has 0 spiro atoms. The summed E-state index contributed by atoms with van der Waals surface area (Å²) in [6.07, 6.45) is 8.06. The number of anilines is 6. The first-order chi connectivity index (χ1) is 45.8. The number of rotatable bonds is 10. The van der Waals surface area contributed by atoms with Gasteiger partial charge in [-0.2, -0.15) is 0 Å². The van der Waals surface area contributed by atoms with Gasteiger partial charge in [0.2, 0.25) is 0 Å². The SMILES string of the molecule is [2H]c1c([2H])c([2H])c(-c2ccc3c(c2)c2ccccc2n3-c2cc3c4c(c2)N(c2c(-c5ccccc5)cncc2-c2ccccc2)c2ccc(-c5ccccc5)cc2B4c2cc(-c4ccccc4)ccc2N3c2c(-c3ccccc3)cncc2-c2ccccc2)c([2H])c1[2H]. The van der Waals surface area contributed by atoms with Gasteiger partial charge in [0.15, 0.2) is 0 Å². The lowest BCUT2D eigenvalue weighted by molar-refractivity contribution is 1.16. The Balaban J connectivity index is 1.06. The van der Waals surface area contributed by atoms with Crippen LogP contribution in [0.1, 0.15) is 6.85 Å². The highest BCUT2D eigenvalue weighted by Crippen LogP contribution is 2.54. The predicted octanol–water partition coefficient (Wildman–Crippen LogP) is 19.3. The summed E-state index contributed by atoms with van der Waals surface area (Å²) in [5, 5.41) is 1.81. The van der Waals surface area contributed by atoms with Gasteiger partial charge >= 0.3 is 0 Å². The van der Waals surface area contributed by atoms with Crippen LogP contribution in [0.3, 0.4) is 0 Å². The fourth-order valence-electron chi connectivity index (χ4n) is 13.7. The lowest BCUT2D eigenvalue weighted by atomic mass is 9.33. The Labute approximate surface area is 519 Å². The van der Waals surface area contributed by atoms with Gasteiger partial charge in [-0.3, -0.25) is 9.97 Å². The minimum atomic E-state index is -0.427. The van der Waals surface area contributed by atoms with Crippen molar-refractivity contribution in [3.63, 3.8) is 0 Å². The molecule has 88 heavy (non-hydrogen) atoms. The van der Waals surface area contributed by atoms with Crippen molar-refractivity contribution in [1.82, 2.24) is 14.5 Å².